The Morgan fingerprint density at radius 3 is 2.78 bits per heavy atom. The standard InChI is InChI=1S/C8H9B/c1-7-2-4-8(6-9)5-3-7/h2,4-5H,1,3,6H2. The summed E-state index contributed by atoms with van der Waals surface area (Å²) >= 11 is 0. The molecule has 44 valence electrons. The summed E-state index contributed by atoms with van der Waals surface area (Å²) in [4.78, 5) is 0. The Bertz CT molecular complexity index is 175. The molecular formula is C8H9B. The summed E-state index contributed by atoms with van der Waals surface area (Å²) in [5.74, 6) is 0. The first-order valence-corrected chi connectivity index (χ1v) is 3.08. The van der Waals surface area contributed by atoms with Gasteiger partial charge in [0.25, 0.3) is 0 Å². The molecule has 2 radical (unpaired) electrons. The van der Waals surface area contributed by atoms with E-state index < -0.39 is 0 Å². The van der Waals surface area contributed by atoms with Gasteiger partial charge in [-0.05, 0) is 6.42 Å². The van der Waals surface area contributed by atoms with E-state index in [1.54, 1.807) is 0 Å². The van der Waals surface area contributed by atoms with E-state index in [4.69, 9.17) is 7.85 Å². The Labute approximate surface area is 57.4 Å². The van der Waals surface area contributed by atoms with Crippen molar-refractivity contribution in [3.05, 3.63) is 36.0 Å². The zero-order chi connectivity index (χ0) is 6.69. The van der Waals surface area contributed by atoms with Crippen LogP contribution in [0.25, 0.3) is 0 Å². The van der Waals surface area contributed by atoms with Crippen LogP contribution in [0.15, 0.2) is 36.0 Å². The predicted octanol–water partition coefficient (Wildman–Crippen LogP) is 2.02. The molecule has 9 heavy (non-hydrogen) atoms. The highest BCUT2D eigenvalue weighted by atomic mass is 14.0. The Morgan fingerprint density at radius 1 is 1.56 bits per heavy atom. The molecule has 0 saturated heterocycles. The third kappa shape index (κ3) is 1.60. The average molecular weight is 116 g/mol. The predicted molar refractivity (Wildman–Crippen MR) is 41.5 cm³/mol. The maximum absolute atomic E-state index is 5.40. The fourth-order valence-corrected chi connectivity index (χ4v) is 0.775. The van der Waals surface area contributed by atoms with E-state index in [9.17, 15) is 0 Å². The Balaban J connectivity index is 2.63. The summed E-state index contributed by atoms with van der Waals surface area (Å²) in [6.07, 6.45) is 7.75. The van der Waals surface area contributed by atoms with Gasteiger partial charge in [-0.1, -0.05) is 42.3 Å². The Kier molecular flexibility index (Phi) is 1.94. The van der Waals surface area contributed by atoms with E-state index in [1.165, 1.54) is 5.57 Å². The van der Waals surface area contributed by atoms with Crippen LogP contribution < -0.4 is 0 Å². The van der Waals surface area contributed by atoms with Gasteiger partial charge in [0.15, 0.2) is 0 Å². The molecule has 0 nitrogen and oxygen atoms in total. The van der Waals surface area contributed by atoms with Crippen molar-refractivity contribution in [3.63, 3.8) is 0 Å². The van der Waals surface area contributed by atoms with E-state index in [-0.39, 0.29) is 0 Å². The molecule has 1 aliphatic rings. The van der Waals surface area contributed by atoms with E-state index in [0.717, 1.165) is 12.0 Å². The molecule has 0 aromatic rings. The third-order valence-electron chi connectivity index (χ3n) is 1.40. The minimum atomic E-state index is 0.643. The molecule has 0 aromatic carbocycles. The summed E-state index contributed by atoms with van der Waals surface area (Å²) in [5, 5.41) is 0. The van der Waals surface area contributed by atoms with Crippen LogP contribution in [0.4, 0.5) is 0 Å². The Hall–Kier alpha value is -0.715. The van der Waals surface area contributed by atoms with Crippen molar-refractivity contribution in [1.82, 2.24) is 0 Å². The van der Waals surface area contributed by atoms with Crippen LogP contribution >= 0.6 is 0 Å². The van der Waals surface area contributed by atoms with Crippen molar-refractivity contribution in [2.75, 3.05) is 0 Å². The molecule has 0 aliphatic heterocycles. The highest BCUT2D eigenvalue weighted by Crippen LogP contribution is 2.14. The lowest BCUT2D eigenvalue weighted by Gasteiger charge is -2.04. The van der Waals surface area contributed by atoms with E-state index >= 15 is 0 Å². The molecule has 0 heterocycles. The molecule has 0 atom stereocenters. The van der Waals surface area contributed by atoms with Crippen molar-refractivity contribution >= 4 is 7.85 Å². The highest BCUT2D eigenvalue weighted by Gasteiger charge is 1.94. The number of hydrogen-bond donors (Lipinski definition) is 0. The zero-order valence-electron chi connectivity index (χ0n) is 5.43. The number of allylic oxidation sites excluding steroid dienone is 5. The summed E-state index contributed by atoms with van der Waals surface area (Å²) in [5.41, 5.74) is 2.37. The first-order chi connectivity index (χ1) is 4.33. The smallest absolute Gasteiger partial charge is 0.0716 e. The van der Waals surface area contributed by atoms with E-state index in [0.29, 0.717) is 6.32 Å². The molecular weight excluding hydrogens is 107 g/mol. The van der Waals surface area contributed by atoms with E-state index in [2.05, 4.69) is 12.7 Å². The highest BCUT2D eigenvalue weighted by molar-refractivity contribution is 6.10. The fourth-order valence-electron chi connectivity index (χ4n) is 0.775. The topological polar surface area (TPSA) is 0 Å². The third-order valence-corrected chi connectivity index (χ3v) is 1.40. The lowest BCUT2D eigenvalue weighted by molar-refractivity contribution is 1.23. The first kappa shape index (κ1) is 6.41. The summed E-state index contributed by atoms with van der Waals surface area (Å²) in [7, 11) is 5.40. The second-order valence-corrected chi connectivity index (χ2v) is 2.18. The largest absolute Gasteiger partial charge is 0.0955 e. The Morgan fingerprint density at radius 2 is 2.33 bits per heavy atom. The normalized spacial score (nSPS) is 17.8. The SMILES string of the molecule is [B]CC1=CCC(=C)C=C1. The van der Waals surface area contributed by atoms with Gasteiger partial charge < -0.3 is 0 Å². The first-order valence-electron chi connectivity index (χ1n) is 3.08. The van der Waals surface area contributed by atoms with E-state index in [1.807, 2.05) is 12.2 Å². The molecule has 0 spiro atoms. The molecule has 0 N–H and O–H groups in total. The van der Waals surface area contributed by atoms with Crippen LogP contribution in [-0.4, -0.2) is 7.85 Å². The van der Waals surface area contributed by atoms with Gasteiger partial charge >= 0.3 is 0 Å². The van der Waals surface area contributed by atoms with Gasteiger partial charge in [-0.3, -0.25) is 0 Å². The van der Waals surface area contributed by atoms with Gasteiger partial charge in [-0.15, -0.1) is 0 Å². The van der Waals surface area contributed by atoms with Crippen LogP contribution in [0, 0.1) is 0 Å². The average Bonchev–Trinajstić information content (AvgIpc) is 1.90. The van der Waals surface area contributed by atoms with Crippen molar-refractivity contribution in [2.24, 2.45) is 0 Å². The number of rotatable bonds is 1. The lowest BCUT2D eigenvalue weighted by atomic mass is 9.92. The quantitative estimate of drug-likeness (QED) is 0.459. The maximum atomic E-state index is 5.40. The fraction of sp³-hybridized carbons (Fsp3) is 0.250. The molecule has 0 bridgehead atoms. The minimum absolute atomic E-state index is 0.643. The second-order valence-electron chi connectivity index (χ2n) is 2.18. The lowest BCUT2D eigenvalue weighted by Crippen LogP contribution is -1.85. The maximum Gasteiger partial charge on any atom is 0.0716 e. The van der Waals surface area contributed by atoms with Crippen molar-refractivity contribution in [2.45, 2.75) is 12.7 Å². The van der Waals surface area contributed by atoms with Gasteiger partial charge in [-0.2, -0.15) is 0 Å². The monoisotopic (exact) mass is 116 g/mol. The summed E-state index contributed by atoms with van der Waals surface area (Å²) < 4.78 is 0. The van der Waals surface area contributed by atoms with Crippen LogP contribution in [0.3, 0.4) is 0 Å². The zero-order valence-corrected chi connectivity index (χ0v) is 5.43. The van der Waals surface area contributed by atoms with Gasteiger partial charge in [-0.25, -0.2) is 0 Å². The molecule has 0 unspecified atom stereocenters. The molecule has 1 heteroatoms. The number of hydrogen-bond acceptors (Lipinski definition) is 0. The van der Waals surface area contributed by atoms with Crippen molar-refractivity contribution < 1.29 is 0 Å². The molecule has 0 amide bonds. The van der Waals surface area contributed by atoms with Crippen LogP contribution in [0.1, 0.15) is 6.42 Å². The summed E-state index contributed by atoms with van der Waals surface area (Å²) in [6.45, 7) is 3.81. The molecule has 1 aliphatic carbocycles. The van der Waals surface area contributed by atoms with Gasteiger partial charge in [0.1, 0.15) is 0 Å². The van der Waals surface area contributed by atoms with Gasteiger partial charge in [0, 0.05) is 0 Å². The van der Waals surface area contributed by atoms with Gasteiger partial charge in [0.05, 0.1) is 7.85 Å². The summed E-state index contributed by atoms with van der Waals surface area (Å²) in [6, 6.07) is 0. The van der Waals surface area contributed by atoms with Gasteiger partial charge in [0.2, 0.25) is 0 Å². The van der Waals surface area contributed by atoms with Crippen molar-refractivity contribution in [1.29, 1.82) is 0 Å². The molecule has 0 fully saturated rings. The van der Waals surface area contributed by atoms with Crippen LogP contribution in [-0.2, 0) is 0 Å². The van der Waals surface area contributed by atoms with Crippen LogP contribution in [0.2, 0.25) is 6.32 Å². The molecule has 1 rings (SSSR count). The van der Waals surface area contributed by atoms with Crippen LogP contribution in [0.5, 0.6) is 0 Å². The molecule has 0 aromatic heterocycles. The second kappa shape index (κ2) is 2.72. The minimum Gasteiger partial charge on any atom is -0.0955 e. The molecule has 0 saturated carbocycles. The van der Waals surface area contributed by atoms with Crippen molar-refractivity contribution in [3.8, 4) is 0 Å².